The summed E-state index contributed by atoms with van der Waals surface area (Å²) in [5.41, 5.74) is 3.78. The molecule has 2 unspecified atom stereocenters. The number of benzene rings is 1. The molecule has 1 aromatic rings. The highest BCUT2D eigenvalue weighted by atomic mass is 16.6. The summed E-state index contributed by atoms with van der Waals surface area (Å²) < 4.78 is 5.37. The minimum Gasteiger partial charge on any atom is -0.444 e. The molecule has 3 rings (SSSR count). The molecule has 0 saturated heterocycles. The maximum absolute atomic E-state index is 12.0. The number of amides is 1. The third kappa shape index (κ3) is 4.65. The van der Waals surface area contributed by atoms with Gasteiger partial charge in [-0.15, -0.1) is 0 Å². The topological polar surface area (TPSA) is 50.4 Å². The lowest BCUT2D eigenvalue weighted by molar-refractivity contribution is 0.0492. The van der Waals surface area contributed by atoms with Crippen LogP contribution in [0, 0.1) is 0 Å². The van der Waals surface area contributed by atoms with Gasteiger partial charge < -0.3 is 15.4 Å². The SMILES string of the molecule is CC(C)(C)OC(=O)NC1CCCC(Nc2ccc3c(c2)CCC3)C1. The van der Waals surface area contributed by atoms with Crippen molar-refractivity contribution in [3.63, 3.8) is 0 Å². The normalized spacial score (nSPS) is 23.5. The Hall–Kier alpha value is -1.71. The van der Waals surface area contributed by atoms with Crippen molar-refractivity contribution in [2.24, 2.45) is 0 Å². The van der Waals surface area contributed by atoms with Crippen LogP contribution in [0.25, 0.3) is 0 Å². The Labute approximate surface area is 145 Å². The monoisotopic (exact) mass is 330 g/mol. The molecule has 1 aromatic carbocycles. The summed E-state index contributed by atoms with van der Waals surface area (Å²) in [6.07, 6.45) is 7.68. The molecule has 24 heavy (non-hydrogen) atoms. The van der Waals surface area contributed by atoms with E-state index in [0.29, 0.717) is 6.04 Å². The molecule has 132 valence electrons. The molecule has 0 bridgehead atoms. The fourth-order valence-corrected chi connectivity index (χ4v) is 3.82. The quantitative estimate of drug-likeness (QED) is 0.862. The van der Waals surface area contributed by atoms with Crippen LogP contribution in [-0.4, -0.2) is 23.8 Å². The number of alkyl carbamates (subject to hydrolysis) is 1. The van der Waals surface area contributed by atoms with Gasteiger partial charge in [0.1, 0.15) is 5.60 Å². The first-order valence-corrected chi connectivity index (χ1v) is 9.27. The van der Waals surface area contributed by atoms with E-state index in [1.807, 2.05) is 20.8 Å². The van der Waals surface area contributed by atoms with Crippen molar-refractivity contribution in [3.8, 4) is 0 Å². The standard InChI is InChI=1S/C20H30N2O2/c1-20(2,3)24-19(23)22-17-9-5-8-16(13-17)21-18-11-10-14-6-4-7-15(14)12-18/h10-12,16-17,21H,4-9,13H2,1-3H3,(H,22,23). The zero-order valence-electron chi connectivity index (χ0n) is 15.2. The molecular formula is C20H30N2O2. The van der Waals surface area contributed by atoms with E-state index in [2.05, 4.69) is 28.8 Å². The Kier molecular flexibility index (Phi) is 5.02. The highest BCUT2D eigenvalue weighted by Gasteiger charge is 2.25. The summed E-state index contributed by atoms with van der Waals surface area (Å²) in [6, 6.07) is 7.39. The molecule has 1 fully saturated rings. The number of hydrogen-bond donors (Lipinski definition) is 2. The van der Waals surface area contributed by atoms with E-state index in [1.54, 1.807) is 0 Å². The third-order valence-corrected chi connectivity index (χ3v) is 4.86. The second-order valence-corrected chi connectivity index (χ2v) is 8.19. The fraction of sp³-hybridized carbons (Fsp3) is 0.650. The molecule has 0 aromatic heterocycles. The van der Waals surface area contributed by atoms with Crippen molar-refractivity contribution in [2.75, 3.05) is 5.32 Å². The largest absolute Gasteiger partial charge is 0.444 e. The number of rotatable bonds is 3. The van der Waals surface area contributed by atoms with E-state index in [-0.39, 0.29) is 12.1 Å². The first kappa shape index (κ1) is 17.1. The summed E-state index contributed by atoms with van der Waals surface area (Å²) in [5, 5.41) is 6.70. The van der Waals surface area contributed by atoms with Gasteiger partial charge in [-0.05, 0) is 89.0 Å². The van der Waals surface area contributed by atoms with E-state index < -0.39 is 5.60 Å². The Morgan fingerprint density at radius 3 is 2.62 bits per heavy atom. The molecule has 2 aliphatic rings. The van der Waals surface area contributed by atoms with Crippen LogP contribution in [0.15, 0.2) is 18.2 Å². The van der Waals surface area contributed by atoms with Crippen molar-refractivity contribution >= 4 is 11.8 Å². The van der Waals surface area contributed by atoms with Gasteiger partial charge in [-0.3, -0.25) is 0 Å². The molecule has 1 saturated carbocycles. The van der Waals surface area contributed by atoms with Crippen LogP contribution in [0.1, 0.15) is 64.0 Å². The van der Waals surface area contributed by atoms with Crippen LogP contribution in [0.2, 0.25) is 0 Å². The van der Waals surface area contributed by atoms with Gasteiger partial charge in [0.15, 0.2) is 0 Å². The summed E-state index contributed by atoms with van der Waals surface area (Å²) >= 11 is 0. The zero-order valence-corrected chi connectivity index (χ0v) is 15.2. The highest BCUT2D eigenvalue weighted by molar-refractivity contribution is 5.68. The smallest absolute Gasteiger partial charge is 0.407 e. The van der Waals surface area contributed by atoms with Crippen LogP contribution in [0.3, 0.4) is 0 Å². The van der Waals surface area contributed by atoms with Crippen molar-refractivity contribution < 1.29 is 9.53 Å². The number of ether oxygens (including phenoxy) is 1. The summed E-state index contributed by atoms with van der Waals surface area (Å²) in [6.45, 7) is 5.68. The lowest BCUT2D eigenvalue weighted by Gasteiger charge is -2.31. The second kappa shape index (κ2) is 7.04. The average molecular weight is 330 g/mol. The number of aryl methyl sites for hydroxylation is 2. The maximum atomic E-state index is 12.0. The number of nitrogens with one attached hydrogen (secondary N) is 2. The summed E-state index contributed by atoms with van der Waals surface area (Å²) in [5.74, 6) is 0. The van der Waals surface area contributed by atoms with Gasteiger partial charge in [0.25, 0.3) is 0 Å². The molecule has 4 heteroatoms. The van der Waals surface area contributed by atoms with Crippen LogP contribution < -0.4 is 10.6 Å². The highest BCUT2D eigenvalue weighted by Crippen LogP contribution is 2.27. The van der Waals surface area contributed by atoms with Gasteiger partial charge in [-0.25, -0.2) is 4.79 Å². The van der Waals surface area contributed by atoms with Gasteiger partial charge in [-0.1, -0.05) is 6.07 Å². The average Bonchev–Trinajstić information content (AvgIpc) is 2.93. The van der Waals surface area contributed by atoms with E-state index in [1.165, 1.54) is 36.1 Å². The molecule has 2 aliphatic carbocycles. The Morgan fingerprint density at radius 1 is 1.08 bits per heavy atom. The minimum atomic E-state index is -0.444. The Bertz CT molecular complexity index is 592. The second-order valence-electron chi connectivity index (χ2n) is 8.19. The summed E-state index contributed by atoms with van der Waals surface area (Å²) in [4.78, 5) is 12.0. The van der Waals surface area contributed by atoms with Crippen molar-refractivity contribution in [3.05, 3.63) is 29.3 Å². The van der Waals surface area contributed by atoms with Crippen LogP contribution in [0.4, 0.5) is 10.5 Å². The molecular weight excluding hydrogens is 300 g/mol. The van der Waals surface area contributed by atoms with E-state index in [9.17, 15) is 4.79 Å². The molecule has 0 heterocycles. The first-order valence-electron chi connectivity index (χ1n) is 9.27. The number of fused-ring (bicyclic) bond motifs is 1. The maximum Gasteiger partial charge on any atom is 0.407 e. The fourth-order valence-electron chi connectivity index (χ4n) is 3.82. The Balaban J connectivity index is 1.53. The van der Waals surface area contributed by atoms with E-state index >= 15 is 0 Å². The number of hydrogen-bond acceptors (Lipinski definition) is 3. The lowest BCUT2D eigenvalue weighted by atomic mass is 9.91. The zero-order chi connectivity index (χ0) is 17.2. The molecule has 0 aliphatic heterocycles. The molecule has 1 amide bonds. The third-order valence-electron chi connectivity index (χ3n) is 4.86. The molecule has 0 spiro atoms. The van der Waals surface area contributed by atoms with Crippen LogP contribution >= 0.6 is 0 Å². The van der Waals surface area contributed by atoms with Crippen molar-refractivity contribution in [2.45, 2.75) is 83.4 Å². The number of anilines is 1. The number of carbonyl (C=O) groups is 1. The predicted octanol–water partition coefficient (Wildman–Crippen LogP) is 4.42. The van der Waals surface area contributed by atoms with E-state index in [4.69, 9.17) is 4.74 Å². The van der Waals surface area contributed by atoms with Crippen molar-refractivity contribution in [1.82, 2.24) is 5.32 Å². The first-order chi connectivity index (χ1) is 11.4. The van der Waals surface area contributed by atoms with Crippen LogP contribution in [0.5, 0.6) is 0 Å². The summed E-state index contributed by atoms with van der Waals surface area (Å²) in [7, 11) is 0. The lowest BCUT2D eigenvalue weighted by Crippen LogP contribution is -2.43. The Morgan fingerprint density at radius 2 is 1.83 bits per heavy atom. The molecule has 2 N–H and O–H groups in total. The van der Waals surface area contributed by atoms with Gasteiger partial charge in [0.2, 0.25) is 0 Å². The van der Waals surface area contributed by atoms with Gasteiger partial charge in [0, 0.05) is 17.8 Å². The van der Waals surface area contributed by atoms with Gasteiger partial charge in [0.05, 0.1) is 0 Å². The van der Waals surface area contributed by atoms with Crippen molar-refractivity contribution in [1.29, 1.82) is 0 Å². The number of carbonyl (C=O) groups excluding carboxylic acids is 1. The van der Waals surface area contributed by atoms with Gasteiger partial charge >= 0.3 is 6.09 Å². The molecule has 2 atom stereocenters. The van der Waals surface area contributed by atoms with Gasteiger partial charge in [-0.2, -0.15) is 0 Å². The van der Waals surface area contributed by atoms with E-state index in [0.717, 1.165) is 25.7 Å². The minimum absolute atomic E-state index is 0.195. The predicted molar refractivity (Wildman–Crippen MR) is 97.5 cm³/mol. The molecule has 0 radical (unpaired) electrons. The molecule has 4 nitrogen and oxygen atoms in total. The van der Waals surface area contributed by atoms with Crippen LogP contribution in [-0.2, 0) is 17.6 Å².